The van der Waals surface area contributed by atoms with Gasteiger partial charge in [0.2, 0.25) is 5.91 Å². The van der Waals surface area contributed by atoms with Crippen molar-refractivity contribution in [3.8, 4) is 5.75 Å². The van der Waals surface area contributed by atoms with Crippen molar-refractivity contribution in [3.63, 3.8) is 0 Å². The van der Waals surface area contributed by atoms with Gasteiger partial charge in [0.1, 0.15) is 5.75 Å². The lowest BCUT2D eigenvalue weighted by molar-refractivity contribution is -0.136. The average molecular weight is 470 g/mol. The second kappa shape index (κ2) is 10.6. The molecular formula is C26H32ClN3O3. The summed E-state index contributed by atoms with van der Waals surface area (Å²) in [5.74, 6) is 0.904. The molecule has 6 nitrogen and oxygen atoms in total. The van der Waals surface area contributed by atoms with Crippen LogP contribution in [0, 0.1) is 12.3 Å². The first-order valence-corrected chi connectivity index (χ1v) is 12.2. The van der Waals surface area contributed by atoms with Gasteiger partial charge in [0.15, 0.2) is 0 Å². The van der Waals surface area contributed by atoms with Gasteiger partial charge in [-0.15, -0.1) is 0 Å². The number of rotatable bonds is 6. The molecule has 3 heterocycles. The molecule has 2 aliphatic rings. The summed E-state index contributed by atoms with van der Waals surface area (Å²) in [6.07, 6.45) is 8.60. The normalized spacial score (nSPS) is 18.1. The monoisotopic (exact) mass is 469 g/mol. The van der Waals surface area contributed by atoms with E-state index in [-0.39, 0.29) is 17.2 Å². The highest BCUT2D eigenvalue weighted by Gasteiger charge is 2.40. The van der Waals surface area contributed by atoms with Crippen molar-refractivity contribution < 1.29 is 14.3 Å². The van der Waals surface area contributed by atoms with Gasteiger partial charge in [-0.1, -0.05) is 17.7 Å². The maximum atomic E-state index is 13.2. The number of likely N-dealkylation sites (tertiary alicyclic amines) is 2. The third-order valence-electron chi connectivity index (χ3n) is 6.81. The van der Waals surface area contributed by atoms with E-state index in [9.17, 15) is 9.59 Å². The highest BCUT2D eigenvalue weighted by molar-refractivity contribution is 6.30. The molecule has 176 valence electrons. The minimum Gasteiger partial charge on any atom is -0.493 e. The zero-order valence-corrected chi connectivity index (χ0v) is 20.0. The number of carbonyl (C=O) groups excluding carboxylic acids is 2. The smallest absolute Gasteiger partial charge is 0.255 e. The lowest BCUT2D eigenvalue weighted by Crippen LogP contribution is -2.48. The fraction of sp³-hybridized carbons (Fsp3) is 0.500. The topological polar surface area (TPSA) is 62.7 Å². The van der Waals surface area contributed by atoms with Gasteiger partial charge in [-0.2, -0.15) is 0 Å². The molecule has 0 atom stereocenters. The van der Waals surface area contributed by atoms with E-state index in [0.717, 1.165) is 44.3 Å². The zero-order valence-electron chi connectivity index (χ0n) is 19.3. The minimum atomic E-state index is -0.307. The number of carbonyl (C=O) groups is 2. The number of hydrogen-bond acceptors (Lipinski definition) is 4. The van der Waals surface area contributed by atoms with Gasteiger partial charge in [-0.3, -0.25) is 14.6 Å². The van der Waals surface area contributed by atoms with E-state index in [1.54, 1.807) is 18.5 Å². The van der Waals surface area contributed by atoms with E-state index in [1.807, 2.05) is 41.0 Å². The molecule has 33 heavy (non-hydrogen) atoms. The van der Waals surface area contributed by atoms with Crippen LogP contribution in [0.4, 0.5) is 0 Å². The van der Waals surface area contributed by atoms with Crippen LogP contribution in [0.1, 0.15) is 54.4 Å². The SMILES string of the molecule is Cc1cncc(C(=O)N2CCC(COc3cccc(Cl)c3)(CC(=O)N3CCCCC3)CC2)c1. The fourth-order valence-corrected chi connectivity index (χ4v) is 4.96. The van der Waals surface area contributed by atoms with Crippen molar-refractivity contribution in [1.29, 1.82) is 0 Å². The first-order valence-electron chi connectivity index (χ1n) is 11.8. The molecule has 0 aliphatic carbocycles. The molecule has 2 amide bonds. The molecule has 7 heteroatoms. The minimum absolute atomic E-state index is 0.00193. The van der Waals surface area contributed by atoms with Gasteiger partial charge in [-0.25, -0.2) is 0 Å². The average Bonchev–Trinajstić information content (AvgIpc) is 2.83. The summed E-state index contributed by atoms with van der Waals surface area (Å²) in [4.78, 5) is 34.2. The Morgan fingerprint density at radius 2 is 1.79 bits per heavy atom. The number of nitrogens with zero attached hydrogens (tertiary/aromatic N) is 3. The summed E-state index contributed by atoms with van der Waals surface area (Å²) in [5, 5.41) is 0.623. The predicted octanol–water partition coefficient (Wildman–Crippen LogP) is 4.75. The number of aryl methyl sites for hydroxylation is 1. The quantitative estimate of drug-likeness (QED) is 0.612. The Morgan fingerprint density at radius 3 is 2.48 bits per heavy atom. The number of ether oxygens (including phenoxy) is 1. The second-order valence-corrected chi connectivity index (χ2v) is 9.84. The third-order valence-corrected chi connectivity index (χ3v) is 7.04. The molecule has 4 rings (SSSR count). The Kier molecular flexibility index (Phi) is 7.53. The summed E-state index contributed by atoms with van der Waals surface area (Å²) in [7, 11) is 0. The van der Waals surface area contributed by atoms with E-state index < -0.39 is 0 Å². The van der Waals surface area contributed by atoms with Crippen LogP contribution in [0.15, 0.2) is 42.7 Å². The van der Waals surface area contributed by atoms with Crippen LogP contribution in [0.25, 0.3) is 0 Å². The van der Waals surface area contributed by atoms with Crippen LogP contribution in [-0.4, -0.2) is 59.4 Å². The highest BCUT2D eigenvalue weighted by atomic mass is 35.5. The van der Waals surface area contributed by atoms with E-state index in [1.165, 1.54) is 6.42 Å². The molecule has 2 aliphatic heterocycles. The fourth-order valence-electron chi connectivity index (χ4n) is 4.78. The Morgan fingerprint density at radius 1 is 1.03 bits per heavy atom. The van der Waals surface area contributed by atoms with Crippen molar-refractivity contribution >= 4 is 23.4 Å². The molecule has 0 spiro atoms. The van der Waals surface area contributed by atoms with Gasteiger partial charge < -0.3 is 14.5 Å². The van der Waals surface area contributed by atoms with E-state index in [0.29, 0.717) is 42.5 Å². The number of amides is 2. The Balaban J connectivity index is 1.45. The summed E-state index contributed by atoms with van der Waals surface area (Å²) in [5.41, 5.74) is 1.27. The molecule has 1 aromatic heterocycles. The van der Waals surface area contributed by atoms with Crippen molar-refractivity contribution in [2.45, 2.75) is 45.4 Å². The molecule has 2 fully saturated rings. The largest absolute Gasteiger partial charge is 0.493 e. The van der Waals surface area contributed by atoms with Crippen LogP contribution in [0.3, 0.4) is 0 Å². The van der Waals surface area contributed by atoms with Gasteiger partial charge in [0, 0.05) is 55.4 Å². The molecule has 2 aromatic rings. The van der Waals surface area contributed by atoms with Gasteiger partial charge in [0.25, 0.3) is 5.91 Å². The Hall–Kier alpha value is -2.60. The van der Waals surface area contributed by atoms with Crippen LogP contribution < -0.4 is 4.74 Å². The van der Waals surface area contributed by atoms with Crippen LogP contribution >= 0.6 is 11.6 Å². The van der Waals surface area contributed by atoms with Gasteiger partial charge in [0.05, 0.1) is 12.2 Å². The molecule has 1 aromatic carbocycles. The summed E-state index contributed by atoms with van der Waals surface area (Å²) in [6, 6.07) is 9.23. The van der Waals surface area contributed by atoms with Crippen molar-refractivity contribution in [2.75, 3.05) is 32.8 Å². The van der Waals surface area contributed by atoms with E-state index in [2.05, 4.69) is 4.98 Å². The standard InChI is InChI=1S/C26H32ClN3O3/c1-20-14-21(18-28-17-20)25(32)30-12-8-26(9-13-30,16-24(31)29-10-3-2-4-11-29)19-33-23-7-5-6-22(27)15-23/h5-7,14-15,17-18H,2-4,8-13,16,19H2,1H3. The number of aromatic nitrogens is 1. The molecule has 0 unspecified atom stereocenters. The first-order chi connectivity index (χ1) is 15.9. The summed E-state index contributed by atoms with van der Waals surface area (Å²) < 4.78 is 6.15. The Bertz CT molecular complexity index is 982. The highest BCUT2D eigenvalue weighted by Crippen LogP contribution is 2.37. The van der Waals surface area contributed by atoms with Gasteiger partial charge in [-0.05, 0) is 68.9 Å². The number of hydrogen-bond donors (Lipinski definition) is 0. The molecule has 0 radical (unpaired) electrons. The third kappa shape index (κ3) is 6.05. The second-order valence-electron chi connectivity index (χ2n) is 9.41. The van der Waals surface area contributed by atoms with E-state index in [4.69, 9.17) is 16.3 Å². The van der Waals surface area contributed by atoms with Gasteiger partial charge >= 0.3 is 0 Å². The zero-order chi connectivity index (χ0) is 23.3. The number of halogens is 1. The van der Waals surface area contributed by atoms with Crippen LogP contribution in [0.2, 0.25) is 5.02 Å². The maximum absolute atomic E-state index is 13.2. The molecule has 2 saturated heterocycles. The Labute approximate surface area is 200 Å². The number of benzene rings is 1. The van der Waals surface area contributed by atoms with E-state index >= 15 is 0 Å². The summed E-state index contributed by atoms with van der Waals surface area (Å²) in [6.45, 7) is 5.24. The molecular weight excluding hydrogens is 438 g/mol. The molecule has 0 saturated carbocycles. The van der Waals surface area contributed by atoms with Crippen molar-refractivity contribution in [1.82, 2.24) is 14.8 Å². The van der Waals surface area contributed by atoms with Crippen LogP contribution in [0.5, 0.6) is 5.75 Å². The number of pyridine rings is 1. The first kappa shape index (κ1) is 23.6. The lowest BCUT2D eigenvalue weighted by atomic mass is 9.75. The maximum Gasteiger partial charge on any atom is 0.255 e. The van der Waals surface area contributed by atoms with Crippen molar-refractivity contribution in [2.24, 2.45) is 5.41 Å². The van der Waals surface area contributed by atoms with Crippen LogP contribution in [-0.2, 0) is 4.79 Å². The summed E-state index contributed by atoms with van der Waals surface area (Å²) >= 11 is 6.12. The molecule has 0 N–H and O–H groups in total. The van der Waals surface area contributed by atoms with Crippen molar-refractivity contribution in [3.05, 3.63) is 58.9 Å². The molecule has 0 bridgehead atoms. The predicted molar refractivity (Wildman–Crippen MR) is 129 cm³/mol. The number of piperidine rings is 2. The lowest BCUT2D eigenvalue weighted by Gasteiger charge is -2.42.